The second-order valence-electron chi connectivity index (χ2n) is 5.08. The zero-order chi connectivity index (χ0) is 18.4. The molecule has 0 saturated heterocycles. The van der Waals surface area contributed by atoms with Crippen LogP contribution >= 0.6 is 11.6 Å². The van der Waals surface area contributed by atoms with Crippen molar-refractivity contribution in [2.75, 3.05) is 6.61 Å². The zero-order valence-electron chi connectivity index (χ0n) is 13.4. The largest absolute Gasteiger partial charge is 0.482 e. The van der Waals surface area contributed by atoms with E-state index in [1.807, 2.05) is 6.07 Å². The molecule has 0 unspecified atom stereocenters. The first-order valence-corrected chi connectivity index (χ1v) is 7.89. The number of hydrogen-bond donors (Lipinski definition) is 0. The molecule has 0 saturated carbocycles. The minimum atomic E-state index is -0.585. The fourth-order valence-electron chi connectivity index (χ4n) is 2.01. The van der Waals surface area contributed by atoms with Crippen LogP contribution in [0.15, 0.2) is 53.1 Å². The lowest BCUT2D eigenvalue weighted by Crippen LogP contribution is -2.15. The number of rotatable bonds is 6. The van der Waals surface area contributed by atoms with Crippen LogP contribution in [-0.4, -0.2) is 22.7 Å². The number of esters is 1. The van der Waals surface area contributed by atoms with Crippen LogP contribution < -0.4 is 4.74 Å². The third kappa shape index (κ3) is 4.37. The van der Waals surface area contributed by atoms with E-state index in [0.29, 0.717) is 21.9 Å². The molecule has 3 rings (SSSR count). The fourth-order valence-corrected chi connectivity index (χ4v) is 2.23. The van der Waals surface area contributed by atoms with E-state index in [2.05, 4.69) is 10.1 Å². The Kier molecular flexibility index (Phi) is 5.46. The summed E-state index contributed by atoms with van der Waals surface area (Å²) in [4.78, 5) is 15.9. The van der Waals surface area contributed by atoms with E-state index in [4.69, 9.17) is 30.9 Å². The second kappa shape index (κ2) is 8.14. The van der Waals surface area contributed by atoms with Gasteiger partial charge in [-0.25, -0.2) is 4.79 Å². The summed E-state index contributed by atoms with van der Waals surface area (Å²) in [5, 5.41) is 13.0. The van der Waals surface area contributed by atoms with Crippen LogP contribution in [0, 0.1) is 11.3 Å². The topological polar surface area (TPSA) is 98.2 Å². The minimum Gasteiger partial charge on any atom is -0.482 e. The maximum atomic E-state index is 11.7. The van der Waals surface area contributed by atoms with Gasteiger partial charge in [0.2, 0.25) is 5.82 Å². The number of carbonyl (C=O) groups excluding carboxylic acids is 1. The maximum absolute atomic E-state index is 11.7. The van der Waals surface area contributed by atoms with E-state index in [9.17, 15) is 4.79 Å². The summed E-state index contributed by atoms with van der Waals surface area (Å²) in [6.07, 6.45) is 0. The van der Waals surface area contributed by atoms with Crippen molar-refractivity contribution in [2.24, 2.45) is 0 Å². The summed E-state index contributed by atoms with van der Waals surface area (Å²) in [7, 11) is 0. The number of ether oxygens (including phenoxy) is 2. The van der Waals surface area contributed by atoms with Gasteiger partial charge in [0, 0.05) is 0 Å². The molecule has 0 aliphatic carbocycles. The summed E-state index contributed by atoms with van der Waals surface area (Å²) in [5.41, 5.74) is 1.11. The molecule has 0 bridgehead atoms. The average Bonchev–Trinajstić information content (AvgIpc) is 3.14. The molecule has 0 radical (unpaired) electrons. The smallest absolute Gasteiger partial charge is 0.344 e. The van der Waals surface area contributed by atoms with E-state index in [1.165, 1.54) is 0 Å². The summed E-state index contributed by atoms with van der Waals surface area (Å²) in [6, 6.07) is 15.4. The first-order chi connectivity index (χ1) is 12.7. The maximum Gasteiger partial charge on any atom is 0.344 e. The lowest BCUT2D eigenvalue weighted by molar-refractivity contribution is -0.147. The molecule has 0 N–H and O–H groups in total. The van der Waals surface area contributed by atoms with Gasteiger partial charge in [-0.15, -0.1) is 0 Å². The van der Waals surface area contributed by atoms with E-state index >= 15 is 0 Å². The van der Waals surface area contributed by atoms with Crippen LogP contribution in [0.4, 0.5) is 0 Å². The molecule has 0 atom stereocenters. The quantitative estimate of drug-likeness (QED) is 0.614. The Balaban J connectivity index is 1.50. The van der Waals surface area contributed by atoms with Crippen molar-refractivity contribution in [1.82, 2.24) is 10.1 Å². The highest BCUT2D eigenvalue weighted by molar-refractivity contribution is 6.33. The number of aromatic nitrogens is 2. The van der Waals surface area contributed by atoms with Crippen LogP contribution in [0.3, 0.4) is 0 Å². The lowest BCUT2D eigenvalue weighted by Gasteiger charge is -2.05. The van der Waals surface area contributed by atoms with Gasteiger partial charge in [-0.05, 0) is 36.4 Å². The zero-order valence-corrected chi connectivity index (χ0v) is 14.1. The molecule has 3 aromatic rings. The molecule has 0 fully saturated rings. The first kappa shape index (κ1) is 17.5. The van der Waals surface area contributed by atoms with Crippen LogP contribution in [0.1, 0.15) is 11.4 Å². The molecule has 2 aromatic carbocycles. The number of benzene rings is 2. The molecule has 8 heteroatoms. The summed E-state index contributed by atoms with van der Waals surface area (Å²) in [5.74, 6) is 0.335. The van der Waals surface area contributed by atoms with Crippen LogP contribution in [0.2, 0.25) is 5.02 Å². The predicted molar refractivity (Wildman–Crippen MR) is 91.2 cm³/mol. The third-order valence-corrected chi connectivity index (χ3v) is 3.60. The summed E-state index contributed by atoms with van der Waals surface area (Å²) < 4.78 is 15.4. The first-order valence-electron chi connectivity index (χ1n) is 7.52. The van der Waals surface area contributed by atoms with Crippen molar-refractivity contribution in [3.63, 3.8) is 0 Å². The molecule has 1 heterocycles. The van der Waals surface area contributed by atoms with E-state index in [1.54, 1.807) is 48.5 Å². The number of hydrogen-bond acceptors (Lipinski definition) is 7. The molecule has 0 aliphatic heterocycles. The summed E-state index contributed by atoms with van der Waals surface area (Å²) >= 11 is 6.07. The van der Waals surface area contributed by atoms with Crippen LogP contribution in [0.5, 0.6) is 5.75 Å². The SMILES string of the molecule is N#Cc1ccc(OCC(=O)OCc2noc(-c3ccccc3Cl)n2)cc1. The van der Waals surface area contributed by atoms with E-state index in [-0.39, 0.29) is 24.9 Å². The number of carbonyl (C=O) groups is 1. The molecular formula is C18H12ClN3O4. The monoisotopic (exact) mass is 369 g/mol. The Morgan fingerprint density at radius 1 is 1.19 bits per heavy atom. The number of nitriles is 1. The molecule has 0 spiro atoms. The van der Waals surface area contributed by atoms with E-state index in [0.717, 1.165) is 0 Å². The van der Waals surface area contributed by atoms with Crippen molar-refractivity contribution in [3.8, 4) is 23.3 Å². The van der Waals surface area contributed by atoms with Gasteiger partial charge in [-0.3, -0.25) is 0 Å². The normalized spacial score (nSPS) is 10.2. The van der Waals surface area contributed by atoms with Gasteiger partial charge in [0.05, 0.1) is 22.2 Å². The molecule has 1 aromatic heterocycles. The van der Waals surface area contributed by atoms with Gasteiger partial charge in [-0.1, -0.05) is 28.9 Å². The Hall–Kier alpha value is -3.37. The Morgan fingerprint density at radius 3 is 2.69 bits per heavy atom. The highest BCUT2D eigenvalue weighted by Crippen LogP contribution is 2.25. The summed E-state index contributed by atoms with van der Waals surface area (Å²) in [6.45, 7) is -0.426. The van der Waals surface area contributed by atoms with Crippen molar-refractivity contribution in [1.29, 1.82) is 5.26 Å². The van der Waals surface area contributed by atoms with Crippen molar-refractivity contribution in [2.45, 2.75) is 6.61 Å². The van der Waals surface area contributed by atoms with Gasteiger partial charge in [0.1, 0.15) is 5.75 Å². The van der Waals surface area contributed by atoms with Crippen molar-refractivity contribution in [3.05, 3.63) is 64.9 Å². The molecule has 0 aliphatic rings. The Bertz CT molecular complexity index is 948. The van der Waals surface area contributed by atoms with Crippen LogP contribution in [0.25, 0.3) is 11.5 Å². The molecule has 7 nitrogen and oxygen atoms in total. The standard InChI is InChI=1S/C18H12ClN3O4/c19-15-4-2-1-3-14(15)18-21-16(22-26-18)10-25-17(23)11-24-13-7-5-12(9-20)6-8-13/h1-8H,10-11H2. The Labute approximate surface area is 153 Å². The average molecular weight is 370 g/mol. The highest BCUT2D eigenvalue weighted by atomic mass is 35.5. The third-order valence-electron chi connectivity index (χ3n) is 3.27. The van der Waals surface area contributed by atoms with Gasteiger partial charge >= 0.3 is 5.97 Å². The van der Waals surface area contributed by atoms with E-state index < -0.39 is 5.97 Å². The van der Waals surface area contributed by atoms with Gasteiger partial charge in [0.15, 0.2) is 13.2 Å². The molecule has 0 amide bonds. The van der Waals surface area contributed by atoms with Crippen LogP contribution in [-0.2, 0) is 16.1 Å². The number of nitrogens with zero attached hydrogens (tertiary/aromatic N) is 3. The fraction of sp³-hybridized carbons (Fsp3) is 0.111. The lowest BCUT2D eigenvalue weighted by atomic mass is 10.2. The predicted octanol–water partition coefficient (Wildman–Crippen LogP) is 3.38. The molecular weight excluding hydrogens is 358 g/mol. The van der Waals surface area contributed by atoms with Gasteiger partial charge in [0.25, 0.3) is 5.89 Å². The van der Waals surface area contributed by atoms with Gasteiger partial charge < -0.3 is 14.0 Å². The second-order valence-corrected chi connectivity index (χ2v) is 5.49. The number of halogens is 1. The van der Waals surface area contributed by atoms with Crippen molar-refractivity contribution >= 4 is 17.6 Å². The highest BCUT2D eigenvalue weighted by Gasteiger charge is 2.13. The van der Waals surface area contributed by atoms with Gasteiger partial charge in [-0.2, -0.15) is 10.2 Å². The minimum absolute atomic E-state index is 0.149. The van der Waals surface area contributed by atoms with Crippen molar-refractivity contribution < 1.29 is 18.8 Å². The molecule has 26 heavy (non-hydrogen) atoms. The Morgan fingerprint density at radius 2 is 1.96 bits per heavy atom. The molecule has 130 valence electrons.